The zero-order chi connectivity index (χ0) is 10.8. The van der Waals surface area contributed by atoms with Gasteiger partial charge in [0, 0.05) is 0 Å². The molecule has 1 aromatic carbocycles. The number of fused-ring (bicyclic) bond motifs is 1. The first kappa shape index (κ1) is 10.2. The van der Waals surface area contributed by atoms with E-state index >= 15 is 0 Å². The fourth-order valence-electron chi connectivity index (χ4n) is 2.15. The first-order valence-corrected chi connectivity index (χ1v) is 5.29. The number of benzene rings is 1. The first-order valence-electron chi connectivity index (χ1n) is 5.29. The van der Waals surface area contributed by atoms with E-state index in [9.17, 15) is 4.79 Å². The molecule has 2 rings (SSSR count). The summed E-state index contributed by atoms with van der Waals surface area (Å²) >= 11 is 0. The lowest BCUT2D eigenvalue weighted by atomic mass is 10.1. The van der Waals surface area contributed by atoms with Crippen LogP contribution in [0.5, 0.6) is 0 Å². The zero-order valence-corrected chi connectivity index (χ0v) is 8.92. The maximum absolute atomic E-state index is 11.2. The Balaban J connectivity index is 2.18. The van der Waals surface area contributed by atoms with E-state index in [2.05, 4.69) is 30.4 Å². The van der Waals surface area contributed by atoms with Crippen LogP contribution < -0.4 is 11.1 Å². The molecule has 0 bridgehead atoms. The molecular formula is C12H16N2O. The van der Waals surface area contributed by atoms with E-state index in [0.29, 0.717) is 0 Å². The quantitative estimate of drug-likeness (QED) is 0.756. The maximum atomic E-state index is 11.2. The molecule has 0 aromatic heterocycles. The molecule has 3 heteroatoms. The number of hydrogen-bond acceptors (Lipinski definition) is 2. The van der Waals surface area contributed by atoms with Gasteiger partial charge in [-0.1, -0.05) is 23.8 Å². The summed E-state index contributed by atoms with van der Waals surface area (Å²) in [5.41, 5.74) is 9.17. The summed E-state index contributed by atoms with van der Waals surface area (Å²) in [6.45, 7) is 2.16. The van der Waals surface area contributed by atoms with Crippen LogP contribution in [0.4, 0.5) is 0 Å². The predicted molar refractivity (Wildman–Crippen MR) is 59.4 cm³/mol. The molecule has 1 aliphatic carbocycles. The van der Waals surface area contributed by atoms with Crippen LogP contribution in [-0.4, -0.2) is 12.5 Å². The predicted octanol–water partition coefficient (Wildman–Crippen LogP) is 1.06. The number of carbonyl (C=O) groups excluding carboxylic acids is 1. The summed E-state index contributed by atoms with van der Waals surface area (Å²) in [7, 11) is 0. The minimum absolute atomic E-state index is 0.0672. The van der Waals surface area contributed by atoms with E-state index in [-0.39, 0.29) is 18.5 Å². The lowest BCUT2D eigenvalue weighted by molar-refractivity contribution is -0.120. The third kappa shape index (κ3) is 2.02. The van der Waals surface area contributed by atoms with E-state index < -0.39 is 0 Å². The van der Waals surface area contributed by atoms with Crippen molar-refractivity contribution in [2.45, 2.75) is 25.8 Å². The minimum Gasteiger partial charge on any atom is -0.348 e. The van der Waals surface area contributed by atoms with Crippen molar-refractivity contribution >= 4 is 5.91 Å². The van der Waals surface area contributed by atoms with Gasteiger partial charge < -0.3 is 11.1 Å². The van der Waals surface area contributed by atoms with Crippen molar-refractivity contribution in [2.24, 2.45) is 5.73 Å². The molecule has 0 saturated carbocycles. The SMILES string of the molecule is Cc1ccc2c(c1)CCC2NC(=O)CN. The standard InChI is InChI=1S/C12H16N2O/c1-8-2-4-10-9(6-8)3-5-11(10)14-12(15)7-13/h2,4,6,11H,3,5,7,13H2,1H3,(H,14,15). The van der Waals surface area contributed by atoms with Crippen LogP contribution in [0, 0.1) is 6.92 Å². The molecule has 0 saturated heterocycles. The van der Waals surface area contributed by atoms with Gasteiger partial charge in [-0.3, -0.25) is 4.79 Å². The number of amides is 1. The summed E-state index contributed by atoms with van der Waals surface area (Å²) in [6.07, 6.45) is 2.04. The van der Waals surface area contributed by atoms with Gasteiger partial charge in [-0.05, 0) is 30.9 Å². The third-order valence-electron chi connectivity index (χ3n) is 2.90. The lowest BCUT2D eigenvalue weighted by Crippen LogP contribution is -2.32. The molecule has 1 atom stereocenters. The summed E-state index contributed by atoms with van der Waals surface area (Å²) in [6, 6.07) is 6.56. The van der Waals surface area contributed by atoms with Crippen LogP contribution in [0.25, 0.3) is 0 Å². The van der Waals surface area contributed by atoms with E-state index in [4.69, 9.17) is 5.73 Å². The second kappa shape index (κ2) is 4.03. The topological polar surface area (TPSA) is 55.1 Å². The molecule has 0 radical (unpaired) electrons. The molecule has 15 heavy (non-hydrogen) atoms. The van der Waals surface area contributed by atoms with Crippen molar-refractivity contribution in [1.29, 1.82) is 0 Å². The third-order valence-corrected chi connectivity index (χ3v) is 2.90. The zero-order valence-electron chi connectivity index (χ0n) is 8.92. The van der Waals surface area contributed by atoms with Gasteiger partial charge >= 0.3 is 0 Å². The molecule has 1 unspecified atom stereocenters. The molecule has 1 aliphatic rings. The van der Waals surface area contributed by atoms with Gasteiger partial charge in [-0.25, -0.2) is 0 Å². The molecule has 80 valence electrons. The van der Waals surface area contributed by atoms with Gasteiger partial charge in [-0.15, -0.1) is 0 Å². The van der Waals surface area contributed by atoms with Crippen LogP contribution in [0.3, 0.4) is 0 Å². The fourth-order valence-corrected chi connectivity index (χ4v) is 2.15. The second-order valence-electron chi connectivity index (χ2n) is 4.07. The highest BCUT2D eigenvalue weighted by atomic mass is 16.1. The number of nitrogens with two attached hydrogens (primary N) is 1. The van der Waals surface area contributed by atoms with Gasteiger partial charge in [0.2, 0.25) is 5.91 Å². The highest BCUT2D eigenvalue weighted by molar-refractivity contribution is 5.78. The molecule has 0 aliphatic heterocycles. The Morgan fingerprint density at radius 2 is 2.40 bits per heavy atom. The maximum Gasteiger partial charge on any atom is 0.234 e. The van der Waals surface area contributed by atoms with Crippen LogP contribution in [-0.2, 0) is 11.2 Å². The molecule has 0 fully saturated rings. The van der Waals surface area contributed by atoms with Crippen molar-refractivity contribution in [3.63, 3.8) is 0 Å². The Morgan fingerprint density at radius 3 is 3.13 bits per heavy atom. The van der Waals surface area contributed by atoms with Crippen molar-refractivity contribution < 1.29 is 4.79 Å². The Morgan fingerprint density at radius 1 is 1.60 bits per heavy atom. The van der Waals surface area contributed by atoms with Gasteiger partial charge in [-0.2, -0.15) is 0 Å². The Labute approximate surface area is 89.7 Å². The number of rotatable bonds is 2. The number of nitrogens with one attached hydrogen (secondary N) is 1. The average molecular weight is 204 g/mol. The van der Waals surface area contributed by atoms with Crippen molar-refractivity contribution in [1.82, 2.24) is 5.32 Å². The van der Waals surface area contributed by atoms with E-state index in [0.717, 1.165) is 12.8 Å². The molecule has 3 nitrogen and oxygen atoms in total. The van der Waals surface area contributed by atoms with Gasteiger partial charge in [0.1, 0.15) is 0 Å². The highest BCUT2D eigenvalue weighted by Gasteiger charge is 2.23. The van der Waals surface area contributed by atoms with E-state index in [1.807, 2.05) is 0 Å². The van der Waals surface area contributed by atoms with E-state index in [1.165, 1.54) is 16.7 Å². The number of aryl methyl sites for hydroxylation is 2. The van der Waals surface area contributed by atoms with Crippen LogP contribution in [0.1, 0.15) is 29.2 Å². The summed E-state index contributed by atoms with van der Waals surface area (Å²) in [4.78, 5) is 11.2. The summed E-state index contributed by atoms with van der Waals surface area (Å²) in [5.74, 6) is -0.0755. The minimum atomic E-state index is -0.0755. The van der Waals surface area contributed by atoms with E-state index in [1.54, 1.807) is 0 Å². The second-order valence-corrected chi connectivity index (χ2v) is 4.07. The van der Waals surface area contributed by atoms with Crippen molar-refractivity contribution in [3.8, 4) is 0 Å². The van der Waals surface area contributed by atoms with Gasteiger partial charge in [0.25, 0.3) is 0 Å². The lowest BCUT2D eigenvalue weighted by Gasteiger charge is -2.13. The molecule has 3 N–H and O–H groups in total. The number of hydrogen-bond donors (Lipinski definition) is 2. The monoisotopic (exact) mass is 204 g/mol. The fraction of sp³-hybridized carbons (Fsp3) is 0.417. The van der Waals surface area contributed by atoms with Crippen LogP contribution >= 0.6 is 0 Å². The van der Waals surface area contributed by atoms with Crippen molar-refractivity contribution in [3.05, 3.63) is 34.9 Å². The van der Waals surface area contributed by atoms with Gasteiger partial charge in [0.15, 0.2) is 0 Å². The Bertz CT molecular complexity index is 387. The summed E-state index contributed by atoms with van der Waals surface area (Å²) < 4.78 is 0. The van der Waals surface area contributed by atoms with Crippen LogP contribution in [0.2, 0.25) is 0 Å². The van der Waals surface area contributed by atoms with Crippen molar-refractivity contribution in [2.75, 3.05) is 6.54 Å². The molecule has 0 heterocycles. The van der Waals surface area contributed by atoms with Gasteiger partial charge in [0.05, 0.1) is 12.6 Å². The average Bonchev–Trinajstić information content (AvgIpc) is 2.60. The largest absolute Gasteiger partial charge is 0.348 e. The normalized spacial score (nSPS) is 18.7. The summed E-state index contributed by atoms with van der Waals surface area (Å²) in [5, 5.41) is 2.94. The molecular weight excluding hydrogens is 188 g/mol. The number of carbonyl (C=O) groups is 1. The van der Waals surface area contributed by atoms with Crippen LogP contribution in [0.15, 0.2) is 18.2 Å². The first-order chi connectivity index (χ1) is 7.20. The Kier molecular flexibility index (Phi) is 2.73. The Hall–Kier alpha value is -1.35. The molecule has 1 amide bonds. The molecule has 1 aromatic rings. The molecule has 0 spiro atoms. The highest BCUT2D eigenvalue weighted by Crippen LogP contribution is 2.31. The smallest absolute Gasteiger partial charge is 0.234 e.